The molecule has 0 aromatic heterocycles. The molecule has 4 amide bonds. The Morgan fingerprint density at radius 2 is 1.68 bits per heavy atom. The molecule has 1 atom stereocenters. The number of anilines is 2. The van der Waals surface area contributed by atoms with Gasteiger partial charge in [0.1, 0.15) is 0 Å². The van der Waals surface area contributed by atoms with Crippen molar-refractivity contribution in [3.8, 4) is 0 Å². The van der Waals surface area contributed by atoms with Crippen LogP contribution in [-0.2, 0) is 4.74 Å². The standard InChI is InChI=1S/C18H28N4O3/c1-13(2)9-10-19-17(23)21-14-5-7-15(8-6-14)22-18(24)20-12-16-4-3-11-25-16/h5-8,13,16H,3-4,9-12H2,1-2H3,(H2,19,21,23)(H2,20,22,24)/t16-/m0/s1. The van der Waals surface area contributed by atoms with Crippen molar-refractivity contribution in [1.29, 1.82) is 0 Å². The van der Waals surface area contributed by atoms with Gasteiger partial charge in [0.25, 0.3) is 0 Å². The van der Waals surface area contributed by atoms with Gasteiger partial charge in [-0.15, -0.1) is 0 Å². The van der Waals surface area contributed by atoms with E-state index >= 15 is 0 Å². The van der Waals surface area contributed by atoms with Crippen LogP contribution < -0.4 is 21.3 Å². The molecule has 2 rings (SSSR count). The van der Waals surface area contributed by atoms with Crippen LogP contribution in [0, 0.1) is 5.92 Å². The van der Waals surface area contributed by atoms with E-state index in [9.17, 15) is 9.59 Å². The highest BCUT2D eigenvalue weighted by molar-refractivity contribution is 5.91. The van der Waals surface area contributed by atoms with Gasteiger partial charge in [-0.05, 0) is 49.4 Å². The molecular weight excluding hydrogens is 320 g/mol. The smallest absolute Gasteiger partial charge is 0.319 e. The van der Waals surface area contributed by atoms with Crippen LogP contribution in [0.15, 0.2) is 24.3 Å². The molecular formula is C18H28N4O3. The van der Waals surface area contributed by atoms with Crippen molar-refractivity contribution in [1.82, 2.24) is 10.6 Å². The van der Waals surface area contributed by atoms with Crippen molar-refractivity contribution >= 4 is 23.4 Å². The summed E-state index contributed by atoms with van der Waals surface area (Å²) < 4.78 is 5.46. The Morgan fingerprint density at radius 1 is 1.08 bits per heavy atom. The number of ether oxygens (including phenoxy) is 1. The fourth-order valence-corrected chi connectivity index (χ4v) is 2.47. The molecule has 0 aliphatic carbocycles. The Morgan fingerprint density at radius 3 is 2.20 bits per heavy atom. The van der Waals surface area contributed by atoms with Gasteiger partial charge in [-0.25, -0.2) is 9.59 Å². The lowest BCUT2D eigenvalue weighted by molar-refractivity contribution is 0.112. The van der Waals surface area contributed by atoms with E-state index in [1.54, 1.807) is 24.3 Å². The largest absolute Gasteiger partial charge is 0.376 e. The van der Waals surface area contributed by atoms with Crippen molar-refractivity contribution in [2.75, 3.05) is 30.3 Å². The maximum Gasteiger partial charge on any atom is 0.319 e. The minimum Gasteiger partial charge on any atom is -0.376 e. The maximum atomic E-state index is 11.8. The minimum atomic E-state index is -0.261. The quantitative estimate of drug-likeness (QED) is 0.610. The topological polar surface area (TPSA) is 91.5 Å². The first kappa shape index (κ1) is 19.1. The zero-order valence-electron chi connectivity index (χ0n) is 14.9. The second-order valence-corrected chi connectivity index (χ2v) is 6.61. The molecule has 0 spiro atoms. The molecule has 0 bridgehead atoms. The van der Waals surface area contributed by atoms with Crippen LogP contribution in [0.3, 0.4) is 0 Å². The van der Waals surface area contributed by atoms with E-state index in [1.807, 2.05) is 0 Å². The van der Waals surface area contributed by atoms with Crippen molar-refractivity contribution < 1.29 is 14.3 Å². The van der Waals surface area contributed by atoms with Gasteiger partial charge in [0, 0.05) is 31.1 Å². The third-order valence-corrected chi connectivity index (χ3v) is 3.92. The van der Waals surface area contributed by atoms with Gasteiger partial charge in [0.05, 0.1) is 6.10 Å². The highest BCUT2D eigenvalue weighted by Gasteiger charge is 2.16. The average molecular weight is 348 g/mol. The second-order valence-electron chi connectivity index (χ2n) is 6.61. The zero-order valence-corrected chi connectivity index (χ0v) is 14.9. The lowest BCUT2D eigenvalue weighted by Crippen LogP contribution is -2.35. The van der Waals surface area contributed by atoms with E-state index in [0.29, 0.717) is 30.4 Å². The molecule has 0 saturated carbocycles. The normalized spacial score (nSPS) is 16.5. The first-order valence-corrected chi connectivity index (χ1v) is 8.84. The molecule has 138 valence electrons. The highest BCUT2D eigenvalue weighted by Crippen LogP contribution is 2.14. The summed E-state index contributed by atoms with van der Waals surface area (Å²) >= 11 is 0. The number of hydrogen-bond donors (Lipinski definition) is 4. The predicted octanol–water partition coefficient (Wildman–Crippen LogP) is 3.15. The van der Waals surface area contributed by atoms with Gasteiger partial charge in [-0.3, -0.25) is 0 Å². The summed E-state index contributed by atoms with van der Waals surface area (Å²) in [6.45, 7) is 6.16. The maximum absolute atomic E-state index is 11.8. The Bertz CT molecular complexity index is 554. The number of rotatable bonds is 7. The molecule has 1 aliphatic heterocycles. The van der Waals surface area contributed by atoms with Gasteiger partial charge in [0.15, 0.2) is 0 Å². The summed E-state index contributed by atoms with van der Waals surface area (Å²) in [5.74, 6) is 0.553. The lowest BCUT2D eigenvalue weighted by Gasteiger charge is -2.12. The number of hydrogen-bond acceptors (Lipinski definition) is 3. The van der Waals surface area contributed by atoms with E-state index in [0.717, 1.165) is 25.9 Å². The van der Waals surface area contributed by atoms with Gasteiger partial charge >= 0.3 is 12.1 Å². The van der Waals surface area contributed by atoms with Crippen molar-refractivity contribution in [2.45, 2.75) is 39.2 Å². The number of carbonyl (C=O) groups is 2. The molecule has 1 aromatic rings. The first-order valence-electron chi connectivity index (χ1n) is 8.84. The third-order valence-electron chi connectivity index (χ3n) is 3.92. The fraction of sp³-hybridized carbons (Fsp3) is 0.556. The van der Waals surface area contributed by atoms with Crippen LogP contribution in [0.2, 0.25) is 0 Å². The lowest BCUT2D eigenvalue weighted by atomic mass is 10.1. The molecule has 1 fully saturated rings. The SMILES string of the molecule is CC(C)CCNC(=O)Nc1ccc(NC(=O)NC[C@@H]2CCCO2)cc1. The number of amides is 4. The minimum absolute atomic E-state index is 0.117. The van der Waals surface area contributed by atoms with Gasteiger partial charge in [-0.2, -0.15) is 0 Å². The van der Waals surface area contributed by atoms with E-state index in [2.05, 4.69) is 35.1 Å². The summed E-state index contributed by atoms with van der Waals surface area (Å²) in [6, 6.07) is 6.50. The molecule has 25 heavy (non-hydrogen) atoms. The van der Waals surface area contributed by atoms with E-state index in [1.165, 1.54) is 0 Å². The Hall–Kier alpha value is -2.28. The number of urea groups is 2. The van der Waals surface area contributed by atoms with E-state index < -0.39 is 0 Å². The van der Waals surface area contributed by atoms with Crippen LogP contribution in [0.1, 0.15) is 33.1 Å². The monoisotopic (exact) mass is 348 g/mol. The average Bonchev–Trinajstić information content (AvgIpc) is 3.08. The van der Waals surface area contributed by atoms with Crippen molar-refractivity contribution in [2.24, 2.45) is 5.92 Å². The Balaban J connectivity index is 1.69. The number of carbonyl (C=O) groups excluding carboxylic acids is 2. The fourth-order valence-electron chi connectivity index (χ4n) is 2.47. The molecule has 1 aromatic carbocycles. The zero-order chi connectivity index (χ0) is 18.1. The van der Waals surface area contributed by atoms with Gasteiger partial charge in [-0.1, -0.05) is 13.8 Å². The summed E-state index contributed by atoms with van der Waals surface area (Å²) in [4.78, 5) is 23.6. The Labute approximate surface area is 148 Å². The number of nitrogens with one attached hydrogen (secondary N) is 4. The van der Waals surface area contributed by atoms with E-state index in [-0.39, 0.29) is 18.2 Å². The summed E-state index contributed by atoms with van der Waals surface area (Å²) in [6.07, 6.45) is 3.09. The number of benzene rings is 1. The molecule has 7 nitrogen and oxygen atoms in total. The second kappa shape index (κ2) is 9.88. The molecule has 7 heteroatoms. The van der Waals surface area contributed by atoms with Crippen LogP contribution in [0.4, 0.5) is 21.0 Å². The molecule has 1 saturated heterocycles. The van der Waals surface area contributed by atoms with Gasteiger partial charge in [0.2, 0.25) is 0 Å². The summed E-state index contributed by atoms with van der Waals surface area (Å²) in [5.41, 5.74) is 1.34. The highest BCUT2D eigenvalue weighted by atomic mass is 16.5. The van der Waals surface area contributed by atoms with Crippen molar-refractivity contribution in [3.63, 3.8) is 0 Å². The van der Waals surface area contributed by atoms with Crippen LogP contribution >= 0.6 is 0 Å². The molecule has 1 heterocycles. The predicted molar refractivity (Wildman–Crippen MR) is 98.9 cm³/mol. The van der Waals surface area contributed by atoms with Crippen LogP contribution in [0.25, 0.3) is 0 Å². The third kappa shape index (κ3) is 7.43. The van der Waals surface area contributed by atoms with Crippen LogP contribution in [-0.4, -0.2) is 37.9 Å². The molecule has 4 N–H and O–H groups in total. The molecule has 1 aliphatic rings. The van der Waals surface area contributed by atoms with Crippen molar-refractivity contribution in [3.05, 3.63) is 24.3 Å². The molecule has 0 radical (unpaired) electrons. The Kier molecular flexibility index (Phi) is 7.53. The first-order chi connectivity index (χ1) is 12.0. The van der Waals surface area contributed by atoms with E-state index in [4.69, 9.17) is 4.74 Å². The van der Waals surface area contributed by atoms with Gasteiger partial charge < -0.3 is 26.0 Å². The molecule has 0 unspecified atom stereocenters. The van der Waals surface area contributed by atoms with Crippen LogP contribution in [0.5, 0.6) is 0 Å². The summed E-state index contributed by atoms with van der Waals surface area (Å²) in [7, 11) is 0. The summed E-state index contributed by atoms with van der Waals surface area (Å²) in [5, 5.41) is 11.1.